The highest BCUT2D eigenvalue weighted by Gasteiger charge is 2.34. The van der Waals surface area contributed by atoms with E-state index in [1.165, 1.54) is 5.56 Å². The van der Waals surface area contributed by atoms with Crippen molar-refractivity contribution in [2.45, 2.75) is 32.3 Å². The van der Waals surface area contributed by atoms with Crippen molar-refractivity contribution in [2.24, 2.45) is 5.92 Å². The Hall–Kier alpha value is -2.14. The van der Waals surface area contributed by atoms with E-state index in [0.29, 0.717) is 18.9 Å². The second kappa shape index (κ2) is 6.32. The molecule has 0 spiro atoms. The molecule has 5 nitrogen and oxygen atoms in total. The summed E-state index contributed by atoms with van der Waals surface area (Å²) in [5, 5.41) is 12.4. The van der Waals surface area contributed by atoms with Crippen LogP contribution in [0.15, 0.2) is 34.9 Å². The number of hydrogen-bond donors (Lipinski definition) is 2. The number of aryl methyl sites for hydroxylation is 1. The molecule has 0 saturated heterocycles. The van der Waals surface area contributed by atoms with Gasteiger partial charge in [0.05, 0.1) is 5.69 Å². The summed E-state index contributed by atoms with van der Waals surface area (Å²) in [6.07, 6.45) is 3.22. The predicted octanol–water partition coefficient (Wildman–Crippen LogP) is 2.08. The Morgan fingerprint density at radius 2 is 2.14 bits per heavy atom. The molecule has 1 amide bonds. The third-order valence-corrected chi connectivity index (χ3v) is 3.87. The van der Waals surface area contributed by atoms with Crippen molar-refractivity contribution in [1.29, 1.82) is 0 Å². The van der Waals surface area contributed by atoms with E-state index in [9.17, 15) is 9.90 Å². The summed E-state index contributed by atoms with van der Waals surface area (Å²) in [5.74, 6) is 0.448. The van der Waals surface area contributed by atoms with Gasteiger partial charge in [0.25, 0.3) is 0 Å². The number of benzene rings is 1. The van der Waals surface area contributed by atoms with Crippen LogP contribution >= 0.6 is 0 Å². The van der Waals surface area contributed by atoms with E-state index in [4.69, 9.17) is 4.42 Å². The molecule has 0 aliphatic heterocycles. The first-order valence-corrected chi connectivity index (χ1v) is 7.61. The molecule has 1 unspecified atom stereocenters. The van der Waals surface area contributed by atoms with Crippen LogP contribution < -0.4 is 5.32 Å². The van der Waals surface area contributed by atoms with Crippen LogP contribution in [0.5, 0.6) is 0 Å². The zero-order chi connectivity index (χ0) is 15.5. The minimum absolute atomic E-state index is 0.153. The van der Waals surface area contributed by atoms with Crippen molar-refractivity contribution in [3.63, 3.8) is 0 Å². The lowest BCUT2D eigenvalue weighted by Crippen LogP contribution is -2.36. The molecule has 1 aromatic heterocycles. The van der Waals surface area contributed by atoms with Crippen LogP contribution in [0.2, 0.25) is 0 Å². The molecule has 1 atom stereocenters. The van der Waals surface area contributed by atoms with E-state index in [-0.39, 0.29) is 11.8 Å². The monoisotopic (exact) mass is 300 g/mol. The Morgan fingerprint density at radius 3 is 2.82 bits per heavy atom. The maximum absolute atomic E-state index is 11.7. The highest BCUT2D eigenvalue weighted by Crippen LogP contribution is 2.32. The number of hydrogen-bond acceptors (Lipinski definition) is 4. The lowest BCUT2D eigenvalue weighted by Gasteiger charge is -2.09. The van der Waals surface area contributed by atoms with E-state index in [1.807, 2.05) is 31.2 Å². The molecule has 2 N–H and O–H groups in total. The van der Waals surface area contributed by atoms with E-state index < -0.39 is 6.10 Å². The molecule has 1 aromatic carbocycles. The number of carbonyl (C=O) groups is 1. The maximum Gasteiger partial charge on any atom is 0.249 e. The lowest BCUT2D eigenvalue weighted by molar-refractivity contribution is -0.130. The van der Waals surface area contributed by atoms with E-state index in [0.717, 1.165) is 24.1 Å². The molecule has 1 fully saturated rings. The fourth-order valence-electron chi connectivity index (χ4n) is 2.29. The molecule has 1 saturated carbocycles. The third-order valence-electron chi connectivity index (χ3n) is 3.87. The van der Waals surface area contributed by atoms with Crippen molar-refractivity contribution in [1.82, 2.24) is 10.3 Å². The van der Waals surface area contributed by atoms with Gasteiger partial charge in [-0.05, 0) is 37.8 Å². The molecule has 3 rings (SSSR count). The van der Waals surface area contributed by atoms with Crippen molar-refractivity contribution < 1.29 is 14.3 Å². The van der Waals surface area contributed by atoms with Crippen molar-refractivity contribution in [3.8, 4) is 11.5 Å². The average molecular weight is 300 g/mol. The van der Waals surface area contributed by atoms with E-state index in [2.05, 4.69) is 10.3 Å². The van der Waals surface area contributed by atoms with Crippen molar-refractivity contribution in [3.05, 3.63) is 41.8 Å². The Bertz CT molecular complexity index is 644. The van der Waals surface area contributed by atoms with Gasteiger partial charge >= 0.3 is 0 Å². The van der Waals surface area contributed by atoms with Gasteiger partial charge in [-0.1, -0.05) is 17.7 Å². The SMILES string of the molecule is Cc1ccc(-c2nc(CCNC(=O)C(O)C3CC3)co2)cc1. The van der Waals surface area contributed by atoms with Crippen LogP contribution in [-0.2, 0) is 11.2 Å². The predicted molar refractivity (Wildman–Crippen MR) is 82.1 cm³/mol. The summed E-state index contributed by atoms with van der Waals surface area (Å²) < 4.78 is 5.47. The summed E-state index contributed by atoms with van der Waals surface area (Å²) in [4.78, 5) is 16.1. The lowest BCUT2D eigenvalue weighted by atomic mass is 10.1. The number of amides is 1. The number of nitrogens with one attached hydrogen (secondary N) is 1. The third kappa shape index (κ3) is 3.54. The van der Waals surface area contributed by atoms with Crippen LogP contribution in [0.25, 0.3) is 11.5 Å². The van der Waals surface area contributed by atoms with E-state index >= 15 is 0 Å². The first-order chi connectivity index (χ1) is 10.6. The summed E-state index contributed by atoms with van der Waals surface area (Å²) >= 11 is 0. The summed E-state index contributed by atoms with van der Waals surface area (Å²) in [5.41, 5.74) is 2.91. The molecule has 1 heterocycles. The van der Waals surface area contributed by atoms with Gasteiger partial charge in [-0.2, -0.15) is 0 Å². The molecule has 0 bridgehead atoms. The Balaban J connectivity index is 1.51. The van der Waals surface area contributed by atoms with Crippen molar-refractivity contribution in [2.75, 3.05) is 6.54 Å². The Labute approximate surface area is 129 Å². The normalized spacial score (nSPS) is 15.5. The van der Waals surface area contributed by atoms with Gasteiger partial charge in [0.15, 0.2) is 0 Å². The summed E-state index contributed by atoms with van der Waals surface area (Å²) in [6.45, 7) is 2.48. The van der Waals surface area contributed by atoms with Crippen LogP contribution in [-0.4, -0.2) is 28.6 Å². The molecule has 0 radical (unpaired) electrons. The highest BCUT2D eigenvalue weighted by atomic mass is 16.3. The number of carbonyl (C=O) groups excluding carboxylic acids is 1. The fraction of sp³-hybridized carbons (Fsp3) is 0.412. The largest absolute Gasteiger partial charge is 0.444 e. The van der Waals surface area contributed by atoms with Gasteiger partial charge in [-0.3, -0.25) is 4.79 Å². The van der Waals surface area contributed by atoms with Gasteiger partial charge in [0.1, 0.15) is 12.4 Å². The molecule has 1 aliphatic carbocycles. The summed E-state index contributed by atoms with van der Waals surface area (Å²) in [7, 11) is 0. The molecular weight excluding hydrogens is 280 g/mol. The van der Waals surface area contributed by atoms with Gasteiger partial charge in [-0.15, -0.1) is 0 Å². The number of aliphatic hydroxyl groups is 1. The number of nitrogens with zero attached hydrogens (tertiary/aromatic N) is 1. The van der Waals surface area contributed by atoms with Gasteiger partial charge < -0.3 is 14.8 Å². The first-order valence-electron chi connectivity index (χ1n) is 7.61. The zero-order valence-electron chi connectivity index (χ0n) is 12.6. The van der Waals surface area contributed by atoms with Gasteiger partial charge in [0.2, 0.25) is 11.8 Å². The van der Waals surface area contributed by atoms with Crippen LogP contribution in [0, 0.1) is 12.8 Å². The second-order valence-corrected chi connectivity index (χ2v) is 5.83. The maximum atomic E-state index is 11.7. The number of aliphatic hydroxyl groups excluding tert-OH is 1. The van der Waals surface area contributed by atoms with Crippen LogP contribution in [0.3, 0.4) is 0 Å². The smallest absolute Gasteiger partial charge is 0.249 e. The minimum atomic E-state index is -0.861. The van der Waals surface area contributed by atoms with Crippen LogP contribution in [0.4, 0.5) is 0 Å². The second-order valence-electron chi connectivity index (χ2n) is 5.83. The number of rotatable bonds is 6. The standard InChI is InChI=1S/C17H20N2O3/c1-11-2-4-13(5-3-11)17-19-14(10-22-17)8-9-18-16(21)15(20)12-6-7-12/h2-5,10,12,15,20H,6-9H2,1H3,(H,18,21). The number of aromatic nitrogens is 1. The molecule has 2 aromatic rings. The Kier molecular flexibility index (Phi) is 4.24. The molecule has 22 heavy (non-hydrogen) atoms. The number of oxazole rings is 1. The summed E-state index contributed by atoms with van der Waals surface area (Å²) in [6, 6.07) is 7.97. The average Bonchev–Trinajstić information content (AvgIpc) is 3.26. The minimum Gasteiger partial charge on any atom is -0.444 e. The molecular formula is C17H20N2O3. The molecule has 116 valence electrons. The van der Waals surface area contributed by atoms with E-state index in [1.54, 1.807) is 6.26 Å². The van der Waals surface area contributed by atoms with Gasteiger partial charge in [0, 0.05) is 18.5 Å². The van der Waals surface area contributed by atoms with Gasteiger partial charge in [-0.25, -0.2) is 4.98 Å². The first kappa shape index (κ1) is 14.8. The Morgan fingerprint density at radius 1 is 1.41 bits per heavy atom. The van der Waals surface area contributed by atoms with Crippen LogP contribution in [0.1, 0.15) is 24.1 Å². The molecule has 1 aliphatic rings. The quantitative estimate of drug-likeness (QED) is 0.856. The molecule has 5 heteroatoms. The highest BCUT2D eigenvalue weighted by molar-refractivity contribution is 5.81. The van der Waals surface area contributed by atoms with Crippen molar-refractivity contribution >= 4 is 5.91 Å². The fourth-order valence-corrected chi connectivity index (χ4v) is 2.29. The topological polar surface area (TPSA) is 75.4 Å². The zero-order valence-corrected chi connectivity index (χ0v) is 12.6.